The monoisotopic (exact) mass is 483 g/mol. The van der Waals surface area contributed by atoms with Gasteiger partial charge in [-0.05, 0) is 75.5 Å². The molecule has 1 aliphatic heterocycles. The van der Waals surface area contributed by atoms with Crippen LogP contribution < -0.4 is 14.9 Å². The first-order valence-corrected chi connectivity index (χ1v) is 16.5. The number of sulfonamides is 1. The number of hydrogen-bond acceptors (Lipinski definition) is 5. The van der Waals surface area contributed by atoms with E-state index < -0.39 is 18.3 Å². The van der Waals surface area contributed by atoms with E-state index in [4.69, 9.17) is 4.43 Å². The van der Waals surface area contributed by atoms with Crippen LogP contribution in [0.4, 0.5) is 11.4 Å². The first-order valence-electron chi connectivity index (χ1n) is 12.1. The second-order valence-corrected chi connectivity index (χ2v) is 17.8. The van der Waals surface area contributed by atoms with Crippen LogP contribution in [0.3, 0.4) is 0 Å². The second-order valence-electron chi connectivity index (χ2n) is 10.8. The molecule has 0 spiro atoms. The molecule has 2 rings (SSSR count). The van der Waals surface area contributed by atoms with Gasteiger partial charge < -0.3 is 14.6 Å². The van der Waals surface area contributed by atoms with E-state index in [0.29, 0.717) is 12.6 Å². The molecule has 2 N–H and O–H groups in total. The van der Waals surface area contributed by atoms with Crippen molar-refractivity contribution in [2.45, 2.75) is 89.8 Å². The molecule has 1 atom stereocenters. The topological polar surface area (TPSA) is 70.7 Å². The highest BCUT2D eigenvalue weighted by atomic mass is 32.2. The van der Waals surface area contributed by atoms with Crippen molar-refractivity contribution in [1.29, 1.82) is 0 Å². The molecule has 0 bridgehead atoms. The summed E-state index contributed by atoms with van der Waals surface area (Å²) in [4.78, 5) is 2.43. The fourth-order valence-electron chi connectivity index (χ4n) is 3.48. The lowest BCUT2D eigenvalue weighted by Gasteiger charge is -2.38. The molecule has 1 aromatic carbocycles. The number of hydrogen-bond donors (Lipinski definition) is 2. The fourth-order valence-corrected chi connectivity index (χ4v) is 5.62. The van der Waals surface area contributed by atoms with Crippen LogP contribution >= 0.6 is 0 Å². The van der Waals surface area contributed by atoms with Crippen LogP contribution in [0.1, 0.15) is 60.3 Å². The third kappa shape index (κ3) is 8.04. The van der Waals surface area contributed by atoms with E-state index in [1.54, 1.807) is 13.8 Å². The van der Waals surface area contributed by atoms with Gasteiger partial charge in [-0.15, -0.1) is 0 Å². The minimum Gasteiger partial charge on any atom is -0.412 e. The maximum atomic E-state index is 11.7. The van der Waals surface area contributed by atoms with E-state index in [-0.39, 0.29) is 10.3 Å². The molecule has 0 saturated carbocycles. The zero-order valence-corrected chi connectivity index (χ0v) is 23.0. The third-order valence-corrected chi connectivity index (χ3v) is 13.1. The molecule has 1 aliphatic rings. The smallest absolute Gasteiger partial charge is 0.213 e. The van der Waals surface area contributed by atoms with Crippen LogP contribution in [0, 0.1) is 0 Å². The molecule has 0 aliphatic carbocycles. The Balaban J connectivity index is 1.68. The molecule has 1 unspecified atom stereocenters. The summed E-state index contributed by atoms with van der Waals surface area (Å²) in [6.45, 7) is 18.4. The van der Waals surface area contributed by atoms with Gasteiger partial charge in [0.2, 0.25) is 10.0 Å². The summed E-state index contributed by atoms with van der Waals surface area (Å²) in [5.74, 6) is 0. The van der Waals surface area contributed by atoms with Gasteiger partial charge in [-0.3, -0.25) is 0 Å². The lowest BCUT2D eigenvalue weighted by Crippen LogP contribution is -2.44. The van der Waals surface area contributed by atoms with Gasteiger partial charge in [0.15, 0.2) is 8.32 Å². The number of benzene rings is 1. The Morgan fingerprint density at radius 2 is 1.72 bits per heavy atom. The van der Waals surface area contributed by atoms with Crippen molar-refractivity contribution in [1.82, 2.24) is 4.72 Å². The average molecular weight is 484 g/mol. The van der Waals surface area contributed by atoms with E-state index in [1.165, 1.54) is 5.69 Å². The van der Waals surface area contributed by atoms with Crippen molar-refractivity contribution in [2.24, 2.45) is 0 Å². The molecule has 1 aromatic rings. The van der Waals surface area contributed by atoms with Crippen molar-refractivity contribution < 1.29 is 12.8 Å². The van der Waals surface area contributed by atoms with Crippen LogP contribution in [-0.2, 0) is 14.4 Å². The van der Waals surface area contributed by atoms with Crippen molar-refractivity contribution in [3.05, 3.63) is 24.3 Å². The molecule has 0 aromatic heterocycles. The summed E-state index contributed by atoms with van der Waals surface area (Å²) in [5.41, 5.74) is 2.39. The zero-order chi connectivity index (χ0) is 24.0. The summed E-state index contributed by atoms with van der Waals surface area (Å²) in [6, 6.07) is 8.68. The predicted molar refractivity (Wildman–Crippen MR) is 140 cm³/mol. The van der Waals surface area contributed by atoms with Gasteiger partial charge in [0, 0.05) is 37.6 Å². The van der Waals surface area contributed by atoms with E-state index in [9.17, 15) is 8.42 Å². The number of nitrogens with zero attached hydrogens (tertiary/aromatic N) is 1. The highest BCUT2D eigenvalue weighted by Gasteiger charge is 2.40. The Bertz CT molecular complexity index is 805. The number of anilines is 2. The maximum Gasteiger partial charge on any atom is 0.213 e. The van der Waals surface area contributed by atoms with Crippen LogP contribution in [0.15, 0.2) is 24.3 Å². The Morgan fingerprint density at radius 1 is 1.09 bits per heavy atom. The van der Waals surface area contributed by atoms with Gasteiger partial charge >= 0.3 is 0 Å². The predicted octanol–water partition coefficient (Wildman–Crippen LogP) is 5.20. The van der Waals surface area contributed by atoms with E-state index in [1.807, 2.05) is 0 Å². The molecular weight excluding hydrogens is 438 g/mol. The first-order chi connectivity index (χ1) is 14.8. The largest absolute Gasteiger partial charge is 0.412 e. The van der Waals surface area contributed by atoms with Gasteiger partial charge in [-0.2, -0.15) is 0 Å². The Morgan fingerprint density at radius 3 is 2.31 bits per heavy atom. The number of unbranched alkanes of at least 4 members (excludes halogenated alkanes) is 2. The molecule has 1 heterocycles. The highest BCUT2D eigenvalue weighted by Crippen LogP contribution is 2.38. The van der Waals surface area contributed by atoms with Crippen LogP contribution in [0.25, 0.3) is 0 Å². The standard InChI is InChI=1S/C24H45N3O3SSi/c1-20(2)31(28,29)26-17-10-8-9-16-25-21-11-13-22(14-12-21)27-18-15-23(19-27)30-32(6,7)24(3,4)5/h11-14,20,23,25-26H,8-10,15-19H2,1-7H3. The maximum absolute atomic E-state index is 11.7. The quantitative estimate of drug-likeness (QED) is 0.316. The molecule has 184 valence electrons. The van der Waals surface area contributed by atoms with Gasteiger partial charge in [0.25, 0.3) is 0 Å². The number of nitrogens with one attached hydrogen (secondary N) is 2. The Labute approximate surface area is 197 Å². The summed E-state index contributed by atoms with van der Waals surface area (Å²) in [5, 5.41) is 3.34. The van der Waals surface area contributed by atoms with Gasteiger partial charge in [0.05, 0.1) is 11.4 Å². The molecule has 1 fully saturated rings. The zero-order valence-electron chi connectivity index (χ0n) is 21.2. The molecule has 6 nitrogen and oxygen atoms in total. The molecule has 1 saturated heterocycles. The van der Waals surface area contributed by atoms with Crippen LogP contribution in [0.5, 0.6) is 0 Å². The van der Waals surface area contributed by atoms with Crippen molar-refractivity contribution >= 4 is 29.7 Å². The molecule has 0 amide bonds. The van der Waals surface area contributed by atoms with E-state index in [0.717, 1.165) is 51.0 Å². The average Bonchev–Trinajstić information content (AvgIpc) is 3.14. The van der Waals surface area contributed by atoms with Gasteiger partial charge in [-0.1, -0.05) is 27.2 Å². The molecule has 0 radical (unpaired) electrons. The lowest BCUT2D eigenvalue weighted by molar-refractivity contribution is 0.202. The normalized spacial score (nSPS) is 17.9. The summed E-state index contributed by atoms with van der Waals surface area (Å²) in [6.07, 6.45) is 4.30. The minimum atomic E-state index is -3.14. The molecule has 32 heavy (non-hydrogen) atoms. The van der Waals surface area contributed by atoms with Crippen molar-refractivity contribution in [2.75, 3.05) is 36.4 Å². The third-order valence-electron chi connectivity index (χ3n) is 6.75. The van der Waals surface area contributed by atoms with Gasteiger partial charge in [0.1, 0.15) is 0 Å². The summed E-state index contributed by atoms with van der Waals surface area (Å²) >= 11 is 0. The van der Waals surface area contributed by atoms with E-state index in [2.05, 4.69) is 73.1 Å². The van der Waals surface area contributed by atoms with Crippen molar-refractivity contribution in [3.8, 4) is 0 Å². The second kappa shape index (κ2) is 11.4. The highest BCUT2D eigenvalue weighted by molar-refractivity contribution is 7.90. The Kier molecular flexibility index (Phi) is 9.64. The van der Waals surface area contributed by atoms with Crippen molar-refractivity contribution in [3.63, 3.8) is 0 Å². The summed E-state index contributed by atoms with van der Waals surface area (Å²) < 4.78 is 32.7. The molecule has 8 heteroatoms. The van der Waals surface area contributed by atoms with Crippen LogP contribution in [-0.4, -0.2) is 54.3 Å². The fraction of sp³-hybridized carbons (Fsp3) is 0.750. The Hall–Kier alpha value is -1.09. The van der Waals surface area contributed by atoms with Crippen LogP contribution in [0.2, 0.25) is 18.1 Å². The minimum absolute atomic E-state index is 0.246. The SMILES string of the molecule is CC(C)S(=O)(=O)NCCCCCNc1ccc(N2CCC(O[Si](C)(C)C(C)(C)C)C2)cc1. The van der Waals surface area contributed by atoms with Gasteiger partial charge in [-0.25, -0.2) is 13.1 Å². The molecular formula is C24H45N3O3SSi. The lowest BCUT2D eigenvalue weighted by atomic mass is 10.2. The number of rotatable bonds is 12. The summed E-state index contributed by atoms with van der Waals surface area (Å²) in [7, 11) is -4.86. The first kappa shape index (κ1) is 27.2. The van der Waals surface area contributed by atoms with E-state index >= 15 is 0 Å².